The molecule has 0 aromatic carbocycles. The fourth-order valence-electron chi connectivity index (χ4n) is 2.56. The lowest BCUT2D eigenvalue weighted by atomic mass is 10.1. The first-order valence-electron chi connectivity index (χ1n) is 7.49. The number of ketones is 1. The SMILES string of the molecule is Cc1cc(C(=O)COC(=O)c2cccs2)c(C)n1Cc1ccco1. The van der Waals surface area contributed by atoms with E-state index in [1.807, 2.05) is 36.6 Å². The van der Waals surface area contributed by atoms with Gasteiger partial charge >= 0.3 is 5.97 Å². The van der Waals surface area contributed by atoms with E-state index < -0.39 is 5.97 Å². The minimum atomic E-state index is -0.470. The quantitative estimate of drug-likeness (QED) is 0.504. The van der Waals surface area contributed by atoms with Crippen LogP contribution in [0.5, 0.6) is 0 Å². The molecule has 0 atom stereocenters. The predicted octanol–water partition coefficient (Wildman–Crippen LogP) is 3.85. The summed E-state index contributed by atoms with van der Waals surface area (Å²) in [6.07, 6.45) is 1.62. The van der Waals surface area contributed by atoms with Crippen molar-refractivity contribution in [1.82, 2.24) is 4.57 Å². The van der Waals surface area contributed by atoms with E-state index in [1.165, 1.54) is 11.3 Å². The number of thiophene rings is 1. The highest BCUT2D eigenvalue weighted by molar-refractivity contribution is 7.11. The van der Waals surface area contributed by atoms with Crippen LogP contribution >= 0.6 is 11.3 Å². The number of ether oxygens (including phenoxy) is 1. The highest BCUT2D eigenvalue weighted by Crippen LogP contribution is 2.18. The van der Waals surface area contributed by atoms with Gasteiger partial charge in [0.1, 0.15) is 10.6 Å². The van der Waals surface area contributed by atoms with Gasteiger partial charge in [0.15, 0.2) is 6.61 Å². The molecule has 0 fully saturated rings. The van der Waals surface area contributed by atoms with Gasteiger partial charge in [-0.05, 0) is 43.5 Å². The molecule has 3 aromatic heterocycles. The van der Waals surface area contributed by atoms with Crippen LogP contribution < -0.4 is 0 Å². The molecule has 6 heteroatoms. The fraction of sp³-hybridized carbons (Fsp3) is 0.222. The molecule has 0 unspecified atom stereocenters. The summed E-state index contributed by atoms with van der Waals surface area (Å²) in [6.45, 7) is 4.11. The number of nitrogens with zero attached hydrogens (tertiary/aromatic N) is 1. The smallest absolute Gasteiger partial charge is 0.348 e. The third-order valence-electron chi connectivity index (χ3n) is 3.82. The molecule has 0 saturated heterocycles. The van der Waals surface area contributed by atoms with Crippen molar-refractivity contribution in [2.24, 2.45) is 0 Å². The number of hydrogen-bond donors (Lipinski definition) is 0. The Kier molecular flexibility index (Phi) is 4.66. The molecule has 124 valence electrons. The lowest BCUT2D eigenvalue weighted by Crippen LogP contribution is -2.14. The van der Waals surface area contributed by atoms with E-state index in [1.54, 1.807) is 23.8 Å². The van der Waals surface area contributed by atoms with Gasteiger partial charge in [-0.15, -0.1) is 11.3 Å². The lowest BCUT2D eigenvalue weighted by Gasteiger charge is -2.08. The molecule has 0 spiro atoms. The molecule has 0 aliphatic rings. The average molecular weight is 343 g/mol. The van der Waals surface area contributed by atoms with Gasteiger partial charge in [0.25, 0.3) is 0 Å². The highest BCUT2D eigenvalue weighted by atomic mass is 32.1. The summed E-state index contributed by atoms with van der Waals surface area (Å²) in [5.74, 6) is 0.140. The second-order valence-electron chi connectivity index (χ2n) is 5.43. The van der Waals surface area contributed by atoms with Crippen LogP contribution in [0.3, 0.4) is 0 Å². The van der Waals surface area contributed by atoms with Gasteiger partial charge in [0.05, 0.1) is 12.8 Å². The molecule has 0 bridgehead atoms. The summed E-state index contributed by atoms with van der Waals surface area (Å²) in [6, 6.07) is 8.99. The fourth-order valence-corrected chi connectivity index (χ4v) is 3.18. The monoisotopic (exact) mass is 343 g/mol. The lowest BCUT2D eigenvalue weighted by molar-refractivity contribution is 0.0479. The largest absolute Gasteiger partial charge is 0.467 e. The molecule has 0 radical (unpaired) electrons. The average Bonchev–Trinajstić information content (AvgIpc) is 3.30. The minimum Gasteiger partial charge on any atom is -0.467 e. The molecular formula is C18H17NO4S. The summed E-state index contributed by atoms with van der Waals surface area (Å²) in [5.41, 5.74) is 2.36. The Balaban J connectivity index is 1.70. The van der Waals surface area contributed by atoms with Crippen LogP contribution in [0, 0.1) is 13.8 Å². The second-order valence-corrected chi connectivity index (χ2v) is 6.37. The van der Waals surface area contributed by atoms with Gasteiger partial charge in [-0.2, -0.15) is 0 Å². The van der Waals surface area contributed by atoms with Crippen LogP contribution in [-0.2, 0) is 11.3 Å². The number of hydrogen-bond acceptors (Lipinski definition) is 5. The van der Waals surface area contributed by atoms with Crippen LogP contribution in [0.15, 0.2) is 46.4 Å². The Morgan fingerprint density at radius 3 is 2.75 bits per heavy atom. The molecule has 5 nitrogen and oxygen atoms in total. The maximum Gasteiger partial charge on any atom is 0.348 e. The molecule has 24 heavy (non-hydrogen) atoms. The van der Waals surface area contributed by atoms with Gasteiger partial charge in [-0.1, -0.05) is 6.07 Å². The van der Waals surface area contributed by atoms with Crippen molar-refractivity contribution in [3.63, 3.8) is 0 Å². The van der Waals surface area contributed by atoms with Crippen LogP contribution in [0.1, 0.15) is 37.2 Å². The summed E-state index contributed by atoms with van der Waals surface area (Å²) < 4.78 is 12.5. The molecule has 0 aliphatic heterocycles. The summed E-state index contributed by atoms with van der Waals surface area (Å²) in [4.78, 5) is 24.7. The summed E-state index contributed by atoms with van der Waals surface area (Å²) >= 11 is 1.29. The van der Waals surface area contributed by atoms with E-state index in [0.29, 0.717) is 17.0 Å². The minimum absolute atomic E-state index is 0.210. The topological polar surface area (TPSA) is 61.4 Å². The summed E-state index contributed by atoms with van der Waals surface area (Å²) in [7, 11) is 0. The zero-order valence-electron chi connectivity index (χ0n) is 13.4. The maximum absolute atomic E-state index is 12.4. The summed E-state index contributed by atoms with van der Waals surface area (Å²) in [5, 5.41) is 1.79. The zero-order chi connectivity index (χ0) is 17.1. The third kappa shape index (κ3) is 3.33. The number of aromatic nitrogens is 1. The Bertz CT molecular complexity index is 844. The predicted molar refractivity (Wildman–Crippen MR) is 90.6 cm³/mol. The standard InChI is InChI=1S/C18H17NO4S/c1-12-9-15(13(2)19(12)10-14-5-3-7-22-14)16(20)11-23-18(21)17-6-4-8-24-17/h3-9H,10-11H2,1-2H3. The first-order valence-corrected chi connectivity index (χ1v) is 8.37. The van der Waals surface area contributed by atoms with E-state index in [-0.39, 0.29) is 12.4 Å². The van der Waals surface area contributed by atoms with Gasteiger partial charge in [0, 0.05) is 17.0 Å². The molecular weight excluding hydrogens is 326 g/mol. The highest BCUT2D eigenvalue weighted by Gasteiger charge is 2.18. The number of aryl methyl sites for hydroxylation is 1. The van der Waals surface area contributed by atoms with Crippen molar-refractivity contribution >= 4 is 23.1 Å². The first kappa shape index (κ1) is 16.3. The Morgan fingerprint density at radius 1 is 1.25 bits per heavy atom. The molecule has 0 aliphatic carbocycles. The molecule has 0 saturated carbocycles. The zero-order valence-corrected chi connectivity index (χ0v) is 14.3. The van der Waals surface area contributed by atoms with Crippen LogP contribution in [0.4, 0.5) is 0 Å². The molecule has 3 aromatic rings. The van der Waals surface area contributed by atoms with E-state index in [4.69, 9.17) is 9.15 Å². The van der Waals surface area contributed by atoms with Crippen molar-refractivity contribution in [1.29, 1.82) is 0 Å². The Morgan fingerprint density at radius 2 is 2.08 bits per heavy atom. The number of carbonyl (C=O) groups excluding carboxylic acids is 2. The van der Waals surface area contributed by atoms with E-state index >= 15 is 0 Å². The van der Waals surface area contributed by atoms with Crippen molar-refractivity contribution in [2.75, 3.05) is 6.61 Å². The first-order chi connectivity index (χ1) is 11.6. The number of rotatable bonds is 6. The Labute approximate surface area is 143 Å². The van der Waals surface area contributed by atoms with Crippen molar-refractivity contribution in [2.45, 2.75) is 20.4 Å². The number of Topliss-reactive ketones (excluding diaryl/α,β-unsaturated/α-hetero) is 1. The van der Waals surface area contributed by atoms with E-state index in [0.717, 1.165) is 17.1 Å². The molecule has 3 rings (SSSR count). The number of esters is 1. The van der Waals surface area contributed by atoms with E-state index in [2.05, 4.69) is 0 Å². The number of carbonyl (C=O) groups is 2. The van der Waals surface area contributed by atoms with Crippen molar-refractivity contribution in [3.05, 3.63) is 69.6 Å². The van der Waals surface area contributed by atoms with Crippen molar-refractivity contribution < 1.29 is 18.7 Å². The van der Waals surface area contributed by atoms with Crippen LogP contribution in [0.25, 0.3) is 0 Å². The van der Waals surface area contributed by atoms with Gasteiger partial charge < -0.3 is 13.7 Å². The van der Waals surface area contributed by atoms with Crippen molar-refractivity contribution in [3.8, 4) is 0 Å². The van der Waals surface area contributed by atoms with E-state index in [9.17, 15) is 9.59 Å². The second kappa shape index (κ2) is 6.88. The maximum atomic E-state index is 12.4. The third-order valence-corrected chi connectivity index (χ3v) is 4.67. The number of furan rings is 1. The van der Waals surface area contributed by atoms with Gasteiger partial charge in [-0.3, -0.25) is 4.79 Å². The van der Waals surface area contributed by atoms with Gasteiger partial charge in [0.2, 0.25) is 5.78 Å². The van der Waals surface area contributed by atoms with Crippen LogP contribution in [-0.4, -0.2) is 22.9 Å². The Hall–Kier alpha value is -2.60. The normalized spacial score (nSPS) is 10.8. The molecule has 0 amide bonds. The molecule has 0 N–H and O–H groups in total. The molecule has 3 heterocycles. The van der Waals surface area contributed by atoms with Crippen LogP contribution in [0.2, 0.25) is 0 Å². The van der Waals surface area contributed by atoms with Gasteiger partial charge in [-0.25, -0.2) is 4.79 Å².